The van der Waals surface area contributed by atoms with Crippen molar-refractivity contribution in [2.75, 3.05) is 0 Å². The highest BCUT2D eigenvalue weighted by molar-refractivity contribution is 8.18. The number of aromatic nitrogens is 2. The van der Waals surface area contributed by atoms with Crippen LogP contribution in [0.15, 0.2) is 59.6 Å². The molecule has 3 aromatic rings. The van der Waals surface area contributed by atoms with Crippen LogP contribution in [-0.4, -0.2) is 30.9 Å². The summed E-state index contributed by atoms with van der Waals surface area (Å²) < 4.78 is 19.2. The minimum atomic E-state index is -0.805. The molecule has 0 unspecified atom stereocenters. The predicted molar refractivity (Wildman–Crippen MR) is 118 cm³/mol. The predicted octanol–water partition coefficient (Wildman–Crippen LogP) is 5.21. The van der Waals surface area contributed by atoms with Crippen molar-refractivity contribution < 1.29 is 23.6 Å². The zero-order valence-corrected chi connectivity index (χ0v) is 18.0. The summed E-state index contributed by atoms with van der Waals surface area (Å²) in [4.78, 5) is 44.1. The van der Waals surface area contributed by atoms with E-state index in [1.165, 1.54) is 30.3 Å². The third-order valence-electron chi connectivity index (χ3n) is 4.44. The first kappa shape index (κ1) is 22.4. The average Bonchev–Trinajstić information content (AvgIpc) is 3.04. The van der Waals surface area contributed by atoms with Crippen LogP contribution < -0.4 is 4.74 Å². The van der Waals surface area contributed by atoms with Crippen LogP contribution in [0.2, 0.25) is 5.28 Å². The van der Waals surface area contributed by atoms with Gasteiger partial charge in [-0.2, -0.15) is 9.37 Å². The third-order valence-corrected chi connectivity index (χ3v) is 5.53. The van der Waals surface area contributed by atoms with Crippen molar-refractivity contribution in [3.05, 3.63) is 92.0 Å². The average molecular weight is 487 g/mol. The quantitative estimate of drug-likeness (QED) is 0.202. The number of carbonyl (C=O) groups is 2. The first-order chi connectivity index (χ1) is 15.8. The van der Waals surface area contributed by atoms with Crippen molar-refractivity contribution in [1.29, 1.82) is 0 Å². The van der Waals surface area contributed by atoms with Gasteiger partial charge in [0, 0.05) is 11.6 Å². The van der Waals surface area contributed by atoms with E-state index in [0.717, 1.165) is 11.1 Å². The van der Waals surface area contributed by atoms with E-state index in [9.17, 15) is 24.1 Å². The van der Waals surface area contributed by atoms with Gasteiger partial charge >= 0.3 is 0 Å². The Labute approximate surface area is 195 Å². The van der Waals surface area contributed by atoms with Gasteiger partial charge < -0.3 is 4.74 Å². The van der Waals surface area contributed by atoms with Gasteiger partial charge in [-0.3, -0.25) is 24.6 Å². The van der Waals surface area contributed by atoms with E-state index >= 15 is 0 Å². The van der Waals surface area contributed by atoms with Gasteiger partial charge in [-0.15, -0.1) is 0 Å². The lowest BCUT2D eigenvalue weighted by Crippen LogP contribution is -2.27. The molecule has 4 rings (SSSR count). The molecule has 9 nitrogen and oxygen atoms in total. The standard InChI is InChI=1S/C21H12ClFN4O5S/c22-20-24-10-15(23)18(25-20)32-14-6-3-4-12(8-14)9-17-19(28)26(21(29)33-17)11-13-5-1-2-7-16(13)27(30)31/h1-10H,11H2/b17-9+. The highest BCUT2D eigenvalue weighted by Crippen LogP contribution is 2.35. The Morgan fingerprint density at radius 3 is 2.79 bits per heavy atom. The molecule has 2 amide bonds. The smallest absolute Gasteiger partial charge is 0.293 e. The van der Waals surface area contributed by atoms with Crippen molar-refractivity contribution in [2.45, 2.75) is 6.54 Å². The van der Waals surface area contributed by atoms with E-state index in [0.29, 0.717) is 17.3 Å². The third kappa shape index (κ3) is 4.99. The molecule has 1 fully saturated rings. The number of hydrogen-bond acceptors (Lipinski definition) is 8. The van der Waals surface area contributed by atoms with E-state index in [1.807, 2.05) is 0 Å². The maximum absolute atomic E-state index is 13.8. The van der Waals surface area contributed by atoms with Gasteiger partial charge in [0.25, 0.3) is 22.7 Å². The SMILES string of the molecule is O=C1S/C(=C/c2cccc(Oc3nc(Cl)ncc3F)c2)C(=O)N1Cc1ccccc1[N+](=O)[O-]. The van der Waals surface area contributed by atoms with Crippen LogP contribution in [0.25, 0.3) is 6.08 Å². The summed E-state index contributed by atoms with van der Waals surface area (Å²) in [5.74, 6) is -1.53. The molecule has 1 aliphatic heterocycles. The summed E-state index contributed by atoms with van der Waals surface area (Å²) in [6, 6.07) is 12.2. The van der Waals surface area contributed by atoms with E-state index in [4.69, 9.17) is 16.3 Å². The van der Waals surface area contributed by atoms with Crippen LogP contribution in [0.5, 0.6) is 11.6 Å². The molecule has 0 bridgehead atoms. The summed E-state index contributed by atoms with van der Waals surface area (Å²) in [5, 5.41) is 10.5. The first-order valence-electron chi connectivity index (χ1n) is 9.25. The summed E-state index contributed by atoms with van der Waals surface area (Å²) in [7, 11) is 0. The van der Waals surface area contributed by atoms with Gasteiger partial charge in [-0.05, 0) is 47.1 Å². The van der Waals surface area contributed by atoms with Crippen LogP contribution in [0.4, 0.5) is 14.9 Å². The molecule has 12 heteroatoms. The van der Waals surface area contributed by atoms with Crippen molar-refractivity contribution in [1.82, 2.24) is 14.9 Å². The Hall–Kier alpha value is -3.83. The molecule has 33 heavy (non-hydrogen) atoms. The summed E-state index contributed by atoms with van der Waals surface area (Å²) in [6.45, 7) is -0.226. The molecule has 0 aliphatic carbocycles. The Balaban J connectivity index is 1.55. The molecular weight excluding hydrogens is 475 g/mol. The minimum absolute atomic E-state index is 0.131. The second kappa shape index (κ2) is 9.35. The summed E-state index contributed by atoms with van der Waals surface area (Å²) >= 11 is 6.38. The number of nitrogens with zero attached hydrogens (tertiary/aromatic N) is 4. The van der Waals surface area contributed by atoms with Gasteiger partial charge in [-0.25, -0.2) is 4.98 Å². The number of benzene rings is 2. The monoisotopic (exact) mass is 486 g/mol. The molecule has 0 N–H and O–H groups in total. The van der Waals surface area contributed by atoms with Gasteiger partial charge in [0.15, 0.2) is 0 Å². The molecule has 0 spiro atoms. The van der Waals surface area contributed by atoms with E-state index in [1.54, 1.807) is 24.3 Å². The number of para-hydroxylation sites is 1. The second-order valence-corrected chi connectivity index (χ2v) is 7.95. The number of carbonyl (C=O) groups excluding carboxylic acids is 2. The molecule has 2 heterocycles. The molecule has 1 aliphatic rings. The van der Waals surface area contributed by atoms with E-state index in [-0.39, 0.29) is 39.6 Å². The summed E-state index contributed by atoms with van der Waals surface area (Å²) in [6.07, 6.45) is 2.35. The van der Waals surface area contributed by atoms with Crippen LogP contribution in [-0.2, 0) is 11.3 Å². The molecule has 1 saturated heterocycles. The Kier molecular flexibility index (Phi) is 6.33. The zero-order valence-electron chi connectivity index (χ0n) is 16.5. The van der Waals surface area contributed by atoms with Crippen LogP contribution in [0, 0.1) is 15.9 Å². The highest BCUT2D eigenvalue weighted by atomic mass is 35.5. The lowest BCUT2D eigenvalue weighted by Gasteiger charge is -2.12. The van der Waals surface area contributed by atoms with Gasteiger partial charge in [0.2, 0.25) is 11.1 Å². The molecule has 0 saturated carbocycles. The maximum Gasteiger partial charge on any atom is 0.293 e. The van der Waals surface area contributed by atoms with Gasteiger partial charge in [-0.1, -0.05) is 30.3 Å². The summed E-state index contributed by atoms with van der Waals surface area (Å²) in [5.41, 5.74) is 0.568. The number of ether oxygens (including phenoxy) is 1. The molecule has 2 aromatic carbocycles. The zero-order chi connectivity index (χ0) is 23.5. The van der Waals surface area contributed by atoms with Crippen molar-refractivity contribution in [2.24, 2.45) is 0 Å². The number of rotatable bonds is 6. The highest BCUT2D eigenvalue weighted by Gasteiger charge is 2.36. The number of thioether (sulfide) groups is 1. The Morgan fingerprint density at radius 2 is 2.00 bits per heavy atom. The fourth-order valence-corrected chi connectivity index (χ4v) is 3.93. The lowest BCUT2D eigenvalue weighted by atomic mass is 10.1. The van der Waals surface area contributed by atoms with E-state index < -0.39 is 21.9 Å². The second-order valence-electron chi connectivity index (χ2n) is 6.62. The topological polar surface area (TPSA) is 116 Å². The Bertz CT molecular complexity index is 1320. The van der Waals surface area contributed by atoms with Crippen LogP contribution in [0.3, 0.4) is 0 Å². The molecule has 166 valence electrons. The normalized spacial score (nSPS) is 14.7. The largest absolute Gasteiger partial charge is 0.436 e. The van der Waals surface area contributed by atoms with Crippen LogP contribution in [0.1, 0.15) is 11.1 Å². The number of amides is 2. The van der Waals surface area contributed by atoms with Crippen molar-refractivity contribution in [3.63, 3.8) is 0 Å². The number of nitro benzene ring substituents is 1. The van der Waals surface area contributed by atoms with Gasteiger partial charge in [0.05, 0.1) is 22.6 Å². The lowest BCUT2D eigenvalue weighted by molar-refractivity contribution is -0.385. The first-order valence-corrected chi connectivity index (χ1v) is 10.4. The fourth-order valence-electron chi connectivity index (χ4n) is 2.96. The molecule has 1 aromatic heterocycles. The van der Waals surface area contributed by atoms with Crippen LogP contribution >= 0.6 is 23.4 Å². The molecule has 0 atom stereocenters. The number of imide groups is 1. The maximum atomic E-state index is 13.8. The van der Waals surface area contributed by atoms with Crippen molar-refractivity contribution >= 4 is 46.3 Å². The minimum Gasteiger partial charge on any atom is -0.436 e. The Morgan fingerprint density at radius 1 is 1.21 bits per heavy atom. The van der Waals surface area contributed by atoms with Gasteiger partial charge in [0.1, 0.15) is 5.75 Å². The number of hydrogen-bond donors (Lipinski definition) is 0. The number of halogens is 2. The number of nitro groups is 1. The molecular formula is C21H12ClFN4O5S. The van der Waals surface area contributed by atoms with E-state index in [2.05, 4.69) is 9.97 Å². The van der Waals surface area contributed by atoms with Crippen molar-refractivity contribution in [3.8, 4) is 11.6 Å². The fraction of sp³-hybridized carbons (Fsp3) is 0.0476. The molecule has 0 radical (unpaired) electrons.